The molecule has 3 N–H and O–H groups in total. The molecular weight excluding hydrogens is 260 g/mol. The Balaban J connectivity index is 2.09. The summed E-state index contributed by atoms with van der Waals surface area (Å²) in [6.45, 7) is 3.78. The van der Waals surface area contributed by atoms with Crippen LogP contribution >= 0.6 is 12.2 Å². The van der Waals surface area contributed by atoms with E-state index in [1.165, 1.54) is 0 Å². The minimum absolute atomic E-state index is 0.0703. The maximum atomic E-state index is 12.5. The molecule has 5 heteroatoms. The standard InChI is InChI=1S/C14H20N2O2S/c1-9-5-6-11(18-9)10(2)16-13(17)14(12(15)19)7-3-4-8-14/h5-6,10H,3-4,7-8H2,1-2H3,(H2,15,19)(H,16,17). The van der Waals surface area contributed by atoms with Gasteiger partial charge in [0.1, 0.15) is 11.5 Å². The van der Waals surface area contributed by atoms with Crippen molar-refractivity contribution < 1.29 is 9.21 Å². The Bertz CT molecular complexity index is 489. The van der Waals surface area contributed by atoms with Crippen LogP contribution in [0.15, 0.2) is 16.5 Å². The quantitative estimate of drug-likeness (QED) is 0.832. The number of nitrogens with one attached hydrogen (secondary N) is 1. The Kier molecular flexibility index (Phi) is 3.94. The lowest BCUT2D eigenvalue weighted by molar-refractivity contribution is -0.128. The molecule has 19 heavy (non-hydrogen) atoms. The van der Waals surface area contributed by atoms with Gasteiger partial charge in [-0.1, -0.05) is 25.1 Å². The number of furan rings is 1. The Hall–Kier alpha value is -1.36. The second kappa shape index (κ2) is 5.33. The fourth-order valence-corrected chi connectivity index (χ4v) is 2.95. The number of amides is 1. The fourth-order valence-electron chi connectivity index (χ4n) is 2.66. The van der Waals surface area contributed by atoms with Gasteiger partial charge in [0.2, 0.25) is 5.91 Å². The van der Waals surface area contributed by atoms with Crippen molar-refractivity contribution in [2.45, 2.75) is 45.6 Å². The first-order chi connectivity index (χ1) is 8.95. The maximum Gasteiger partial charge on any atom is 0.233 e. The summed E-state index contributed by atoms with van der Waals surface area (Å²) >= 11 is 5.11. The molecule has 0 bridgehead atoms. The lowest BCUT2D eigenvalue weighted by Gasteiger charge is -2.27. The number of aryl methyl sites for hydroxylation is 1. The van der Waals surface area contributed by atoms with Crippen LogP contribution in [0.1, 0.15) is 50.2 Å². The number of hydrogen-bond acceptors (Lipinski definition) is 3. The van der Waals surface area contributed by atoms with Gasteiger partial charge in [0.05, 0.1) is 16.4 Å². The third kappa shape index (κ3) is 2.66. The minimum Gasteiger partial charge on any atom is -0.464 e. The largest absolute Gasteiger partial charge is 0.464 e. The molecule has 0 aliphatic heterocycles. The molecule has 0 saturated heterocycles. The lowest BCUT2D eigenvalue weighted by atomic mass is 9.85. The van der Waals surface area contributed by atoms with Gasteiger partial charge in [-0.3, -0.25) is 4.79 Å². The highest BCUT2D eigenvalue weighted by Crippen LogP contribution is 2.39. The third-order valence-corrected chi connectivity index (χ3v) is 4.29. The zero-order valence-electron chi connectivity index (χ0n) is 11.4. The van der Waals surface area contributed by atoms with Gasteiger partial charge in [0.15, 0.2) is 0 Å². The van der Waals surface area contributed by atoms with Crippen LogP contribution in [0.25, 0.3) is 0 Å². The molecule has 1 aliphatic rings. The molecule has 1 saturated carbocycles. The monoisotopic (exact) mass is 280 g/mol. The van der Waals surface area contributed by atoms with Crippen LogP contribution in [0.4, 0.5) is 0 Å². The Morgan fingerprint density at radius 3 is 2.58 bits per heavy atom. The highest BCUT2D eigenvalue weighted by atomic mass is 32.1. The van der Waals surface area contributed by atoms with Gasteiger partial charge in [-0.25, -0.2) is 0 Å². The van der Waals surface area contributed by atoms with Gasteiger partial charge in [-0.15, -0.1) is 0 Å². The van der Waals surface area contributed by atoms with Crippen LogP contribution in [0.2, 0.25) is 0 Å². The van der Waals surface area contributed by atoms with E-state index >= 15 is 0 Å². The molecule has 4 nitrogen and oxygen atoms in total. The van der Waals surface area contributed by atoms with Gasteiger partial charge < -0.3 is 15.5 Å². The molecule has 1 heterocycles. The summed E-state index contributed by atoms with van der Waals surface area (Å²) in [5.41, 5.74) is 5.14. The van der Waals surface area contributed by atoms with Crippen molar-refractivity contribution in [3.8, 4) is 0 Å². The predicted octanol–water partition coefficient (Wildman–Crippen LogP) is 2.61. The summed E-state index contributed by atoms with van der Waals surface area (Å²) in [7, 11) is 0. The second-order valence-corrected chi connectivity index (χ2v) is 5.74. The van der Waals surface area contributed by atoms with Crippen LogP contribution in [-0.4, -0.2) is 10.9 Å². The first kappa shape index (κ1) is 14.1. The zero-order chi connectivity index (χ0) is 14.0. The van der Waals surface area contributed by atoms with Crippen molar-refractivity contribution in [1.82, 2.24) is 5.32 Å². The van der Waals surface area contributed by atoms with E-state index in [9.17, 15) is 4.79 Å². The molecule has 1 unspecified atom stereocenters. The summed E-state index contributed by atoms with van der Waals surface area (Å²) in [5.74, 6) is 1.52. The van der Waals surface area contributed by atoms with Gasteiger partial charge in [-0.2, -0.15) is 0 Å². The average Bonchev–Trinajstić information content (AvgIpc) is 2.97. The van der Waals surface area contributed by atoms with Crippen LogP contribution < -0.4 is 11.1 Å². The van der Waals surface area contributed by atoms with Gasteiger partial charge in [0.25, 0.3) is 0 Å². The average molecular weight is 280 g/mol. The first-order valence-electron chi connectivity index (χ1n) is 6.63. The highest BCUT2D eigenvalue weighted by Gasteiger charge is 2.44. The van der Waals surface area contributed by atoms with Crippen LogP contribution in [0.5, 0.6) is 0 Å². The number of rotatable bonds is 4. The topological polar surface area (TPSA) is 68.3 Å². The van der Waals surface area contributed by atoms with Gasteiger partial charge in [0, 0.05) is 0 Å². The summed E-state index contributed by atoms with van der Waals surface area (Å²) in [4.78, 5) is 12.8. The maximum absolute atomic E-state index is 12.5. The molecule has 0 spiro atoms. The molecule has 1 atom stereocenters. The summed E-state index contributed by atoms with van der Waals surface area (Å²) in [5, 5.41) is 2.97. The first-order valence-corrected chi connectivity index (χ1v) is 7.04. The third-order valence-electron chi connectivity index (χ3n) is 3.90. The number of carbonyl (C=O) groups is 1. The molecule has 0 radical (unpaired) electrons. The van der Waals surface area contributed by atoms with Crippen molar-refractivity contribution in [2.75, 3.05) is 0 Å². The van der Waals surface area contributed by atoms with E-state index in [0.717, 1.165) is 37.2 Å². The van der Waals surface area contributed by atoms with E-state index in [2.05, 4.69) is 5.32 Å². The number of nitrogens with two attached hydrogens (primary N) is 1. The number of carbonyl (C=O) groups excluding carboxylic acids is 1. The highest BCUT2D eigenvalue weighted by molar-refractivity contribution is 7.80. The lowest BCUT2D eigenvalue weighted by Crippen LogP contribution is -2.47. The predicted molar refractivity (Wildman–Crippen MR) is 77.7 cm³/mol. The molecule has 0 aromatic carbocycles. The summed E-state index contributed by atoms with van der Waals surface area (Å²) in [6, 6.07) is 3.59. The van der Waals surface area contributed by atoms with Crippen molar-refractivity contribution >= 4 is 23.1 Å². The van der Waals surface area contributed by atoms with E-state index in [1.54, 1.807) is 0 Å². The molecular formula is C14H20N2O2S. The van der Waals surface area contributed by atoms with E-state index < -0.39 is 5.41 Å². The minimum atomic E-state index is -0.661. The van der Waals surface area contributed by atoms with Gasteiger partial charge >= 0.3 is 0 Å². The summed E-state index contributed by atoms with van der Waals surface area (Å²) in [6.07, 6.45) is 3.49. The second-order valence-electron chi connectivity index (χ2n) is 5.30. The van der Waals surface area contributed by atoms with E-state index in [-0.39, 0.29) is 11.9 Å². The van der Waals surface area contributed by atoms with E-state index in [0.29, 0.717) is 4.99 Å². The molecule has 1 aliphatic carbocycles. The molecule has 104 valence electrons. The van der Waals surface area contributed by atoms with E-state index in [4.69, 9.17) is 22.4 Å². The van der Waals surface area contributed by atoms with Crippen LogP contribution in [0.3, 0.4) is 0 Å². The number of hydrogen-bond donors (Lipinski definition) is 2. The SMILES string of the molecule is Cc1ccc(C(C)NC(=O)C2(C(N)=S)CCCC2)o1. The normalized spacial score (nSPS) is 19.1. The smallest absolute Gasteiger partial charge is 0.233 e. The van der Waals surface area contributed by atoms with Crippen molar-refractivity contribution in [3.63, 3.8) is 0 Å². The van der Waals surface area contributed by atoms with E-state index in [1.807, 2.05) is 26.0 Å². The van der Waals surface area contributed by atoms with Gasteiger partial charge in [-0.05, 0) is 38.8 Å². The molecule has 1 amide bonds. The molecule has 1 fully saturated rings. The van der Waals surface area contributed by atoms with Crippen molar-refractivity contribution in [3.05, 3.63) is 23.7 Å². The Morgan fingerprint density at radius 1 is 1.47 bits per heavy atom. The Morgan fingerprint density at radius 2 is 2.11 bits per heavy atom. The molecule has 1 aromatic rings. The van der Waals surface area contributed by atoms with Crippen molar-refractivity contribution in [2.24, 2.45) is 11.1 Å². The number of thiocarbonyl (C=S) groups is 1. The molecule has 1 aromatic heterocycles. The summed E-state index contributed by atoms with van der Waals surface area (Å²) < 4.78 is 5.52. The zero-order valence-corrected chi connectivity index (χ0v) is 12.2. The Labute approximate surface area is 118 Å². The van der Waals surface area contributed by atoms with Crippen LogP contribution in [-0.2, 0) is 4.79 Å². The van der Waals surface area contributed by atoms with Crippen LogP contribution in [0, 0.1) is 12.3 Å². The fraction of sp³-hybridized carbons (Fsp3) is 0.571. The van der Waals surface area contributed by atoms with Crippen molar-refractivity contribution in [1.29, 1.82) is 0 Å². The molecule has 2 rings (SSSR count).